The Morgan fingerprint density at radius 2 is 1.97 bits per heavy atom. The Morgan fingerprint density at radius 1 is 1.17 bits per heavy atom. The molecule has 1 aliphatic heterocycles. The van der Waals surface area contributed by atoms with Crippen molar-refractivity contribution in [2.45, 2.75) is 19.6 Å². The van der Waals surface area contributed by atoms with Crippen LogP contribution < -0.4 is 19.6 Å². The second kappa shape index (κ2) is 10.0. The van der Waals surface area contributed by atoms with E-state index in [1.165, 1.54) is 41.9 Å². The molecule has 2 aromatic carbocycles. The summed E-state index contributed by atoms with van der Waals surface area (Å²) < 4.78 is 26.2. The Kier molecular flexibility index (Phi) is 6.67. The maximum absolute atomic E-state index is 13.5. The molecule has 9 heteroatoms. The van der Waals surface area contributed by atoms with Gasteiger partial charge in [-0.25, -0.2) is 14.2 Å². The van der Waals surface area contributed by atoms with Crippen LogP contribution in [0.3, 0.4) is 0 Å². The van der Waals surface area contributed by atoms with Gasteiger partial charge in [0.25, 0.3) is 5.56 Å². The van der Waals surface area contributed by atoms with Gasteiger partial charge in [-0.05, 0) is 59.8 Å². The lowest BCUT2D eigenvalue weighted by Gasteiger charge is -2.22. The van der Waals surface area contributed by atoms with E-state index in [0.29, 0.717) is 26.4 Å². The lowest BCUT2D eigenvalue weighted by atomic mass is 10.0. The van der Waals surface area contributed by atoms with E-state index in [9.17, 15) is 14.0 Å². The molecule has 0 saturated heterocycles. The van der Waals surface area contributed by atoms with E-state index in [-0.39, 0.29) is 18.0 Å². The van der Waals surface area contributed by atoms with Crippen LogP contribution in [0.5, 0.6) is 5.75 Å². The summed E-state index contributed by atoms with van der Waals surface area (Å²) in [6.07, 6.45) is 1.79. The number of halogens is 1. The highest BCUT2D eigenvalue weighted by Crippen LogP contribution is 2.33. The Hall–Kier alpha value is -3.82. The first kappa shape index (κ1) is 23.9. The molecule has 2 aromatic heterocycles. The summed E-state index contributed by atoms with van der Waals surface area (Å²) in [5, 5.41) is 1.91. The molecule has 3 heterocycles. The molecule has 6 nitrogen and oxygen atoms in total. The predicted molar refractivity (Wildman–Crippen MR) is 137 cm³/mol. The van der Waals surface area contributed by atoms with Crippen LogP contribution in [0.15, 0.2) is 87.1 Å². The number of rotatable bonds is 6. The van der Waals surface area contributed by atoms with Crippen LogP contribution in [-0.2, 0) is 16.1 Å². The van der Waals surface area contributed by atoms with Crippen LogP contribution in [0.4, 0.5) is 4.39 Å². The number of carbonyl (C=O) groups excluding carboxylic acids is 1. The van der Waals surface area contributed by atoms with Gasteiger partial charge in [0.15, 0.2) is 4.80 Å². The predicted octanol–water partition coefficient (Wildman–Crippen LogP) is 4.19. The van der Waals surface area contributed by atoms with Crippen LogP contribution in [0.25, 0.3) is 6.08 Å². The summed E-state index contributed by atoms with van der Waals surface area (Å²) in [7, 11) is 1.32. The number of thiophene rings is 1. The number of ether oxygens (including phenoxy) is 2. The third-order valence-corrected chi connectivity index (χ3v) is 7.62. The molecule has 36 heavy (non-hydrogen) atoms. The maximum atomic E-state index is 13.5. The van der Waals surface area contributed by atoms with Gasteiger partial charge in [0.1, 0.15) is 24.2 Å². The monoisotopic (exact) mass is 520 g/mol. The number of methoxy groups -OCH3 is 1. The molecule has 0 fully saturated rings. The van der Waals surface area contributed by atoms with E-state index in [0.717, 1.165) is 16.0 Å². The van der Waals surface area contributed by atoms with E-state index in [1.54, 1.807) is 41.8 Å². The zero-order chi connectivity index (χ0) is 25.2. The van der Waals surface area contributed by atoms with Crippen molar-refractivity contribution in [3.63, 3.8) is 0 Å². The van der Waals surface area contributed by atoms with Gasteiger partial charge < -0.3 is 9.47 Å². The SMILES string of the molecule is COC(=O)C1=C(C)N=c2sc(=Cc3ccc(OCc4cccc(F)c4)cc3)c(=O)n2C1c1cccs1. The van der Waals surface area contributed by atoms with Crippen molar-refractivity contribution in [3.8, 4) is 5.75 Å². The van der Waals surface area contributed by atoms with Crippen molar-refractivity contribution in [3.05, 3.63) is 119 Å². The zero-order valence-corrected chi connectivity index (χ0v) is 21.1. The first-order valence-electron chi connectivity index (χ1n) is 11.1. The van der Waals surface area contributed by atoms with Gasteiger partial charge in [-0.15, -0.1) is 11.3 Å². The van der Waals surface area contributed by atoms with Crippen molar-refractivity contribution in [1.82, 2.24) is 4.57 Å². The van der Waals surface area contributed by atoms with Gasteiger partial charge in [-0.2, -0.15) is 0 Å². The summed E-state index contributed by atoms with van der Waals surface area (Å²) >= 11 is 2.75. The molecule has 0 bridgehead atoms. The number of esters is 1. The molecular weight excluding hydrogens is 499 g/mol. The maximum Gasteiger partial charge on any atom is 0.338 e. The summed E-state index contributed by atoms with van der Waals surface area (Å²) in [6.45, 7) is 2.01. The molecule has 0 spiro atoms. The summed E-state index contributed by atoms with van der Waals surface area (Å²) in [6, 6.07) is 16.8. The fraction of sp³-hybridized carbons (Fsp3) is 0.148. The molecule has 4 aromatic rings. The van der Waals surface area contributed by atoms with Crippen molar-refractivity contribution in [2.75, 3.05) is 7.11 Å². The smallest absolute Gasteiger partial charge is 0.338 e. The van der Waals surface area contributed by atoms with Crippen LogP contribution in [0.1, 0.15) is 29.0 Å². The zero-order valence-electron chi connectivity index (χ0n) is 19.4. The Labute approximate surface area is 213 Å². The van der Waals surface area contributed by atoms with Gasteiger partial charge in [0.2, 0.25) is 0 Å². The highest BCUT2D eigenvalue weighted by Gasteiger charge is 2.33. The second-order valence-corrected chi connectivity index (χ2v) is 10.1. The third-order valence-electron chi connectivity index (χ3n) is 5.71. The van der Waals surface area contributed by atoms with Crippen molar-refractivity contribution in [1.29, 1.82) is 0 Å². The number of hydrogen-bond donors (Lipinski definition) is 0. The van der Waals surface area contributed by atoms with Gasteiger partial charge in [-0.1, -0.05) is 41.7 Å². The molecule has 0 N–H and O–H groups in total. The summed E-state index contributed by atoms with van der Waals surface area (Å²) in [5.74, 6) is -0.171. The molecule has 5 rings (SSSR count). The molecule has 1 unspecified atom stereocenters. The van der Waals surface area contributed by atoms with Gasteiger partial charge in [0.05, 0.1) is 22.9 Å². The molecule has 1 atom stereocenters. The third kappa shape index (κ3) is 4.67. The van der Waals surface area contributed by atoms with Crippen molar-refractivity contribution < 1.29 is 18.7 Å². The van der Waals surface area contributed by atoms with Crippen molar-refractivity contribution >= 4 is 34.7 Å². The second-order valence-electron chi connectivity index (χ2n) is 8.08. The number of allylic oxidation sites excluding steroid dienone is 1. The van der Waals surface area contributed by atoms with Crippen LogP contribution in [-0.4, -0.2) is 17.6 Å². The standard InChI is InChI=1S/C27H21FN2O4S2/c1-16-23(26(32)33-2)24(21-7-4-12-35-21)30-25(31)22(36-27(30)29-16)14-17-8-10-20(11-9-17)34-15-18-5-3-6-19(28)13-18/h3-14,24H,15H2,1-2H3. The van der Waals surface area contributed by atoms with E-state index in [2.05, 4.69) is 4.99 Å². The number of aromatic nitrogens is 1. The fourth-order valence-corrected chi connectivity index (χ4v) is 5.88. The number of hydrogen-bond acceptors (Lipinski definition) is 7. The van der Waals surface area contributed by atoms with Gasteiger partial charge in [-0.3, -0.25) is 9.36 Å². The molecule has 182 valence electrons. The summed E-state index contributed by atoms with van der Waals surface area (Å²) in [4.78, 5) is 32.0. The quantitative estimate of drug-likeness (QED) is 0.358. The molecule has 0 amide bonds. The molecule has 1 aliphatic rings. The number of nitrogens with zero attached hydrogens (tertiary/aromatic N) is 2. The van der Waals surface area contributed by atoms with Gasteiger partial charge >= 0.3 is 5.97 Å². The number of fused-ring (bicyclic) bond motifs is 1. The van der Waals surface area contributed by atoms with E-state index in [1.807, 2.05) is 29.6 Å². The fourth-order valence-electron chi connectivity index (χ4n) is 4.01. The van der Waals surface area contributed by atoms with Crippen molar-refractivity contribution in [2.24, 2.45) is 4.99 Å². The average molecular weight is 521 g/mol. The topological polar surface area (TPSA) is 69.9 Å². The Morgan fingerprint density at radius 3 is 2.67 bits per heavy atom. The lowest BCUT2D eigenvalue weighted by Crippen LogP contribution is -2.39. The average Bonchev–Trinajstić information content (AvgIpc) is 3.51. The van der Waals surface area contributed by atoms with E-state index in [4.69, 9.17) is 9.47 Å². The highest BCUT2D eigenvalue weighted by molar-refractivity contribution is 7.10. The number of benzene rings is 2. The molecular formula is C27H21FN2O4S2. The largest absolute Gasteiger partial charge is 0.489 e. The first-order valence-corrected chi connectivity index (χ1v) is 12.8. The Bertz CT molecular complexity index is 1630. The number of thiazole rings is 1. The van der Waals surface area contributed by atoms with E-state index >= 15 is 0 Å². The lowest BCUT2D eigenvalue weighted by molar-refractivity contribution is -0.136. The van der Waals surface area contributed by atoms with Gasteiger partial charge in [0, 0.05) is 4.88 Å². The van der Waals surface area contributed by atoms with Crippen LogP contribution >= 0.6 is 22.7 Å². The minimum Gasteiger partial charge on any atom is -0.489 e. The first-order chi connectivity index (χ1) is 17.4. The molecule has 0 aliphatic carbocycles. The number of carbonyl (C=O) groups is 1. The minimum atomic E-state index is -0.588. The normalized spacial score (nSPS) is 15.4. The van der Waals surface area contributed by atoms with Crippen LogP contribution in [0, 0.1) is 5.82 Å². The molecule has 0 saturated carbocycles. The Balaban J connectivity index is 1.47. The molecule has 0 radical (unpaired) electrons. The van der Waals surface area contributed by atoms with E-state index < -0.39 is 12.0 Å². The van der Waals surface area contributed by atoms with Crippen LogP contribution in [0.2, 0.25) is 0 Å². The minimum absolute atomic E-state index is 0.225. The highest BCUT2D eigenvalue weighted by atomic mass is 32.1. The summed E-state index contributed by atoms with van der Waals surface area (Å²) in [5.41, 5.74) is 2.22.